The minimum atomic E-state index is -0.569. The van der Waals surface area contributed by atoms with Crippen molar-refractivity contribution in [3.8, 4) is 5.75 Å². The summed E-state index contributed by atoms with van der Waals surface area (Å²) in [5, 5.41) is 16.5. The van der Waals surface area contributed by atoms with Crippen molar-refractivity contribution in [2.45, 2.75) is 39.3 Å². The fourth-order valence-corrected chi connectivity index (χ4v) is 2.94. The highest BCUT2D eigenvalue weighted by atomic mass is 32.1. The Morgan fingerprint density at radius 1 is 1.36 bits per heavy atom. The number of nitrogens with zero attached hydrogens (tertiary/aromatic N) is 1. The Morgan fingerprint density at radius 3 is 2.77 bits per heavy atom. The van der Waals surface area contributed by atoms with E-state index in [9.17, 15) is 5.11 Å². The molecule has 1 aromatic heterocycles. The van der Waals surface area contributed by atoms with Crippen molar-refractivity contribution in [3.63, 3.8) is 0 Å². The highest BCUT2D eigenvalue weighted by molar-refractivity contribution is 7.09. The second-order valence-corrected chi connectivity index (χ2v) is 6.94. The molecule has 120 valence electrons. The van der Waals surface area contributed by atoms with Crippen molar-refractivity contribution in [2.24, 2.45) is 0 Å². The largest absolute Gasteiger partial charge is 0.491 e. The number of aliphatic hydroxyl groups is 1. The van der Waals surface area contributed by atoms with Crippen LogP contribution in [0.1, 0.15) is 30.1 Å². The average molecular weight is 320 g/mol. The number of hydrogen-bond donors (Lipinski definition) is 2. The third-order valence-corrected chi connectivity index (χ3v) is 4.65. The first-order valence-electron chi connectivity index (χ1n) is 7.42. The number of hydrogen-bond acceptors (Lipinski definition) is 5. The van der Waals surface area contributed by atoms with Crippen LogP contribution in [-0.2, 0) is 5.54 Å². The highest BCUT2D eigenvalue weighted by Crippen LogP contribution is 2.23. The molecular formula is C17H24N2O2S. The van der Waals surface area contributed by atoms with Crippen molar-refractivity contribution >= 4 is 11.3 Å². The van der Waals surface area contributed by atoms with Crippen molar-refractivity contribution < 1.29 is 9.84 Å². The van der Waals surface area contributed by atoms with Gasteiger partial charge in [-0.05, 0) is 45.4 Å². The number of aromatic nitrogens is 1. The van der Waals surface area contributed by atoms with Crippen molar-refractivity contribution in [3.05, 3.63) is 45.9 Å². The van der Waals surface area contributed by atoms with Gasteiger partial charge in [0.15, 0.2) is 0 Å². The lowest BCUT2D eigenvalue weighted by Crippen LogP contribution is -2.42. The molecule has 0 fully saturated rings. The van der Waals surface area contributed by atoms with Crippen molar-refractivity contribution in [1.82, 2.24) is 10.3 Å². The Kier molecular flexibility index (Phi) is 5.56. The molecule has 0 saturated carbocycles. The fraction of sp³-hybridized carbons (Fsp3) is 0.471. The minimum Gasteiger partial charge on any atom is -0.491 e. The minimum absolute atomic E-state index is 0.261. The highest BCUT2D eigenvalue weighted by Gasteiger charge is 2.24. The van der Waals surface area contributed by atoms with E-state index in [4.69, 9.17) is 4.74 Å². The molecule has 1 heterocycles. The van der Waals surface area contributed by atoms with Crippen LogP contribution in [0.25, 0.3) is 0 Å². The average Bonchev–Trinajstić information content (AvgIpc) is 2.91. The van der Waals surface area contributed by atoms with Gasteiger partial charge in [-0.3, -0.25) is 0 Å². The molecule has 0 spiro atoms. The van der Waals surface area contributed by atoms with Crippen LogP contribution >= 0.6 is 11.3 Å². The summed E-state index contributed by atoms with van der Waals surface area (Å²) in [4.78, 5) is 4.51. The van der Waals surface area contributed by atoms with E-state index in [1.165, 1.54) is 0 Å². The number of thiazole rings is 1. The summed E-state index contributed by atoms with van der Waals surface area (Å²) in [6.07, 6.45) is -0.569. The van der Waals surface area contributed by atoms with Crippen LogP contribution < -0.4 is 10.1 Å². The smallest absolute Gasteiger partial charge is 0.119 e. The first kappa shape index (κ1) is 16.9. The van der Waals surface area contributed by atoms with E-state index >= 15 is 0 Å². The molecule has 2 N–H and O–H groups in total. The molecule has 0 saturated heterocycles. The molecule has 4 nitrogen and oxygen atoms in total. The summed E-state index contributed by atoms with van der Waals surface area (Å²) in [6.45, 7) is 8.86. The molecule has 0 amide bonds. The standard InChI is InChI=1S/C17H24N2O2S/c1-12-6-5-7-15(8-12)21-10-14(20)9-18-17(3,4)16-19-13(2)11-22-16/h5-8,11,14,18,20H,9-10H2,1-4H3/t14-/m1/s1. The van der Waals surface area contributed by atoms with Crippen LogP contribution in [0.5, 0.6) is 5.75 Å². The molecular weight excluding hydrogens is 296 g/mol. The topological polar surface area (TPSA) is 54.4 Å². The molecule has 0 aliphatic heterocycles. The second-order valence-electron chi connectivity index (χ2n) is 6.08. The second kappa shape index (κ2) is 7.22. The number of nitrogens with one attached hydrogen (secondary N) is 1. The maximum Gasteiger partial charge on any atom is 0.119 e. The molecule has 5 heteroatoms. The van der Waals surface area contributed by atoms with Crippen LogP contribution in [0, 0.1) is 13.8 Å². The van der Waals surface area contributed by atoms with Crippen LogP contribution in [0.3, 0.4) is 0 Å². The van der Waals surface area contributed by atoms with Gasteiger partial charge in [-0.2, -0.15) is 0 Å². The van der Waals surface area contributed by atoms with Gasteiger partial charge in [0, 0.05) is 17.6 Å². The van der Waals surface area contributed by atoms with E-state index in [-0.39, 0.29) is 12.1 Å². The van der Waals surface area contributed by atoms with Gasteiger partial charge in [0.25, 0.3) is 0 Å². The Bertz CT molecular complexity index is 610. The molecule has 2 aromatic rings. The molecule has 22 heavy (non-hydrogen) atoms. The molecule has 2 rings (SSSR count). The normalized spacial score (nSPS) is 13.1. The van der Waals surface area contributed by atoms with E-state index < -0.39 is 6.10 Å². The zero-order valence-electron chi connectivity index (χ0n) is 13.6. The van der Waals surface area contributed by atoms with Gasteiger partial charge < -0.3 is 15.2 Å². The van der Waals surface area contributed by atoms with Gasteiger partial charge in [0.05, 0.1) is 5.54 Å². The third kappa shape index (κ3) is 4.80. The van der Waals surface area contributed by atoms with Crippen LogP contribution in [0.15, 0.2) is 29.6 Å². The lowest BCUT2D eigenvalue weighted by Gasteiger charge is -2.25. The molecule has 1 atom stereocenters. The maximum atomic E-state index is 10.1. The van der Waals surface area contributed by atoms with E-state index in [0.29, 0.717) is 6.54 Å². The predicted molar refractivity (Wildman–Crippen MR) is 90.6 cm³/mol. The van der Waals surface area contributed by atoms with Crippen LogP contribution in [0.2, 0.25) is 0 Å². The summed E-state index contributed by atoms with van der Waals surface area (Å²) in [5.41, 5.74) is 1.91. The number of aliphatic hydroxyl groups excluding tert-OH is 1. The van der Waals surface area contributed by atoms with Crippen molar-refractivity contribution in [2.75, 3.05) is 13.2 Å². The van der Waals surface area contributed by atoms with E-state index in [2.05, 4.69) is 24.1 Å². The monoisotopic (exact) mass is 320 g/mol. The van der Waals surface area contributed by atoms with Crippen molar-refractivity contribution in [1.29, 1.82) is 0 Å². The first-order valence-corrected chi connectivity index (χ1v) is 8.30. The number of aryl methyl sites for hydroxylation is 2. The molecule has 0 aliphatic rings. The fourth-order valence-electron chi connectivity index (χ4n) is 2.05. The van der Waals surface area contributed by atoms with Gasteiger partial charge in [0.2, 0.25) is 0 Å². The van der Waals surface area contributed by atoms with Crippen LogP contribution in [-0.4, -0.2) is 29.3 Å². The summed E-state index contributed by atoms with van der Waals surface area (Å²) < 4.78 is 5.62. The van der Waals surface area contributed by atoms with Gasteiger partial charge in [-0.25, -0.2) is 4.98 Å². The van der Waals surface area contributed by atoms with E-state index in [0.717, 1.165) is 22.0 Å². The summed E-state index contributed by atoms with van der Waals surface area (Å²) in [7, 11) is 0. The van der Waals surface area contributed by atoms with Gasteiger partial charge in [-0.15, -0.1) is 11.3 Å². The zero-order chi connectivity index (χ0) is 16.2. The summed E-state index contributed by atoms with van der Waals surface area (Å²) in [6, 6.07) is 7.82. The zero-order valence-corrected chi connectivity index (χ0v) is 14.4. The molecule has 0 aliphatic carbocycles. The maximum absolute atomic E-state index is 10.1. The molecule has 0 bridgehead atoms. The lowest BCUT2D eigenvalue weighted by atomic mass is 10.1. The summed E-state index contributed by atoms with van der Waals surface area (Å²) >= 11 is 1.63. The number of rotatable bonds is 7. The van der Waals surface area contributed by atoms with E-state index in [1.54, 1.807) is 11.3 Å². The summed E-state index contributed by atoms with van der Waals surface area (Å²) in [5.74, 6) is 0.786. The SMILES string of the molecule is Cc1cccc(OC[C@H](O)CNC(C)(C)c2nc(C)cs2)c1. The van der Waals surface area contributed by atoms with E-state index in [1.807, 2.05) is 43.5 Å². The Balaban J connectivity index is 1.81. The molecule has 1 aromatic carbocycles. The predicted octanol–water partition coefficient (Wildman–Crippen LogP) is 3.02. The van der Waals surface area contributed by atoms with Gasteiger partial charge in [-0.1, -0.05) is 12.1 Å². The quantitative estimate of drug-likeness (QED) is 0.823. The first-order chi connectivity index (χ1) is 10.4. The van der Waals surface area contributed by atoms with Gasteiger partial charge >= 0.3 is 0 Å². The third-order valence-electron chi connectivity index (χ3n) is 3.37. The van der Waals surface area contributed by atoms with Gasteiger partial charge in [0.1, 0.15) is 23.5 Å². The number of ether oxygens (including phenoxy) is 1. The van der Waals surface area contributed by atoms with Crippen LogP contribution in [0.4, 0.5) is 0 Å². The Hall–Kier alpha value is -1.43. The lowest BCUT2D eigenvalue weighted by molar-refractivity contribution is 0.0987. The molecule has 0 radical (unpaired) electrons. The number of benzene rings is 1. The Labute approximate surface area is 136 Å². The Morgan fingerprint density at radius 2 is 2.14 bits per heavy atom. The molecule has 0 unspecified atom stereocenters.